The SMILES string of the molecule is CCN(CC)c1cccc(C(C)(O)CC2(F)C(F)(F)C(F)(F)C(F)(F)C(F)(F)C2(F)F)c1. The van der Waals surface area contributed by atoms with Crippen LogP contribution in [0.4, 0.5) is 54.0 Å². The average Bonchev–Trinajstić information content (AvgIpc) is 2.67. The Labute approximate surface area is 176 Å². The van der Waals surface area contributed by atoms with Gasteiger partial charge in [-0.3, -0.25) is 0 Å². The molecule has 0 bridgehead atoms. The first kappa shape index (κ1) is 26.5. The van der Waals surface area contributed by atoms with E-state index < -0.39 is 52.9 Å². The minimum absolute atomic E-state index is 0.282. The van der Waals surface area contributed by atoms with E-state index in [0.29, 0.717) is 20.0 Å². The maximum absolute atomic E-state index is 15.1. The van der Waals surface area contributed by atoms with Gasteiger partial charge in [0, 0.05) is 25.2 Å². The Morgan fingerprint density at radius 1 is 0.750 bits per heavy atom. The van der Waals surface area contributed by atoms with E-state index in [2.05, 4.69) is 0 Å². The van der Waals surface area contributed by atoms with Gasteiger partial charge in [0.2, 0.25) is 0 Å². The second-order valence-electron chi connectivity index (χ2n) is 7.85. The first-order valence-corrected chi connectivity index (χ1v) is 9.35. The lowest BCUT2D eigenvalue weighted by atomic mass is 9.67. The van der Waals surface area contributed by atoms with Crippen LogP contribution in [0, 0.1) is 0 Å². The van der Waals surface area contributed by atoms with E-state index in [1.54, 1.807) is 18.7 Å². The van der Waals surface area contributed by atoms with Crippen LogP contribution in [0.2, 0.25) is 0 Å². The Bertz CT molecular complexity index is 819. The van der Waals surface area contributed by atoms with Crippen molar-refractivity contribution in [1.29, 1.82) is 0 Å². The molecule has 184 valence electrons. The number of nitrogens with zero attached hydrogens (tertiary/aromatic N) is 1. The number of hydrogen-bond acceptors (Lipinski definition) is 2. The molecular formula is C19H20F11NO. The van der Waals surface area contributed by atoms with Gasteiger partial charge in [0.25, 0.3) is 5.67 Å². The van der Waals surface area contributed by atoms with Gasteiger partial charge in [0.15, 0.2) is 0 Å². The van der Waals surface area contributed by atoms with Gasteiger partial charge in [0.1, 0.15) is 0 Å². The third-order valence-corrected chi connectivity index (χ3v) is 5.76. The van der Waals surface area contributed by atoms with Gasteiger partial charge < -0.3 is 10.0 Å². The van der Waals surface area contributed by atoms with Crippen LogP contribution in [0.5, 0.6) is 0 Å². The highest BCUT2D eigenvalue weighted by Gasteiger charge is 3.01. The standard InChI is InChI=1S/C19H20F11NO/c1-4-31(5-2)12-8-6-7-11(9-12)13(3,32)10-14(20)15(21,22)17(25,26)19(29,30)18(27,28)16(14,23)24/h6-9,32H,4-5,10H2,1-3H3. The first-order chi connectivity index (χ1) is 14.2. The molecule has 0 aliphatic heterocycles. The van der Waals surface area contributed by atoms with E-state index in [0.717, 1.165) is 12.1 Å². The van der Waals surface area contributed by atoms with Crippen molar-refractivity contribution < 1.29 is 53.4 Å². The van der Waals surface area contributed by atoms with E-state index in [9.17, 15) is 49.0 Å². The maximum atomic E-state index is 15.1. The lowest BCUT2D eigenvalue weighted by molar-refractivity contribution is -0.488. The van der Waals surface area contributed by atoms with Crippen LogP contribution in [-0.4, -0.2) is 53.5 Å². The summed E-state index contributed by atoms with van der Waals surface area (Å²) in [6, 6.07) is 4.59. The molecule has 1 fully saturated rings. The molecule has 1 aliphatic carbocycles. The molecule has 1 aliphatic rings. The fraction of sp³-hybridized carbons (Fsp3) is 0.684. The van der Waals surface area contributed by atoms with Crippen molar-refractivity contribution in [2.75, 3.05) is 18.0 Å². The highest BCUT2D eigenvalue weighted by molar-refractivity contribution is 5.49. The predicted molar refractivity (Wildman–Crippen MR) is 92.8 cm³/mol. The first-order valence-electron chi connectivity index (χ1n) is 9.35. The average molecular weight is 487 g/mol. The van der Waals surface area contributed by atoms with Gasteiger partial charge in [-0.15, -0.1) is 0 Å². The van der Waals surface area contributed by atoms with Gasteiger partial charge in [-0.1, -0.05) is 12.1 Å². The van der Waals surface area contributed by atoms with Gasteiger partial charge >= 0.3 is 29.6 Å². The van der Waals surface area contributed by atoms with Crippen molar-refractivity contribution in [2.45, 2.75) is 68.1 Å². The number of benzene rings is 1. The molecule has 0 aromatic heterocycles. The van der Waals surface area contributed by atoms with Gasteiger partial charge in [-0.05, 0) is 38.5 Å². The summed E-state index contributed by atoms with van der Waals surface area (Å²) in [7, 11) is 0. The van der Waals surface area contributed by atoms with Crippen molar-refractivity contribution >= 4 is 5.69 Å². The molecule has 1 saturated carbocycles. The Morgan fingerprint density at radius 3 is 1.56 bits per heavy atom. The van der Waals surface area contributed by atoms with Crippen molar-refractivity contribution in [3.8, 4) is 0 Å². The van der Waals surface area contributed by atoms with Crippen LogP contribution in [0.3, 0.4) is 0 Å². The van der Waals surface area contributed by atoms with Gasteiger partial charge in [0.05, 0.1) is 5.60 Å². The van der Waals surface area contributed by atoms with E-state index in [1.165, 1.54) is 12.1 Å². The molecule has 32 heavy (non-hydrogen) atoms. The van der Waals surface area contributed by atoms with Crippen LogP contribution < -0.4 is 4.90 Å². The van der Waals surface area contributed by atoms with Gasteiger partial charge in [-0.25, -0.2) is 4.39 Å². The van der Waals surface area contributed by atoms with Crippen molar-refractivity contribution in [2.24, 2.45) is 0 Å². The summed E-state index contributed by atoms with van der Waals surface area (Å²) in [6.07, 6.45) is -2.73. The van der Waals surface area contributed by atoms with Crippen LogP contribution in [0.1, 0.15) is 32.8 Å². The van der Waals surface area contributed by atoms with Crippen molar-refractivity contribution in [3.63, 3.8) is 0 Å². The Hall–Kier alpha value is -1.79. The van der Waals surface area contributed by atoms with Crippen molar-refractivity contribution in [3.05, 3.63) is 29.8 Å². The molecule has 0 heterocycles. The van der Waals surface area contributed by atoms with E-state index in [1.807, 2.05) is 0 Å². The second-order valence-corrected chi connectivity index (χ2v) is 7.85. The smallest absolute Gasteiger partial charge is 0.384 e. The fourth-order valence-electron chi connectivity index (χ4n) is 3.71. The molecule has 1 N–H and O–H groups in total. The number of aliphatic hydroxyl groups is 1. The molecule has 0 radical (unpaired) electrons. The number of alkyl halides is 11. The summed E-state index contributed by atoms with van der Waals surface area (Å²) < 4.78 is 153. The summed E-state index contributed by atoms with van der Waals surface area (Å²) in [5.41, 5.74) is -9.69. The van der Waals surface area contributed by atoms with E-state index in [4.69, 9.17) is 0 Å². The summed E-state index contributed by atoms with van der Waals surface area (Å²) in [6.45, 7) is 4.58. The van der Waals surface area contributed by atoms with Crippen LogP contribution in [0.25, 0.3) is 0 Å². The summed E-state index contributed by atoms with van der Waals surface area (Å²) in [4.78, 5) is 1.62. The molecule has 0 spiro atoms. The number of anilines is 1. The molecular weight excluding hydrogens is 467 g/mol. The molecule has 1 aromatic carbocycles. The Balaban J connectivity index is 2.66. The maximum Gasteiger partial charge on any atom is 0.384 e. The van der Waals surface area contributed by atoms with Crippen molar-refractivity contribution in [1.82, 2.24) is 0 Å². The number of halogens is 11. The Kier molecular flexibility index (Phi) is 6.08. The molecule has 2 rings (SSSR count). The molecule has 13 heteroatoms. The third-order valence-electron chi connectivity index (χ3n) is 5.76. The third kappa shape index (κ3) is 3.09. The monoisotopic (exact) mass is 487 g/mol. The fourth-order valence-corrected chi connectivity index (χ4v) is 3.71. The quantitative estimate of drug-likeness (QED) is 0.496. The Morgan fingerprint density at radius 2 is 1.16 bits per heavy atom. The number of hydrogen-bond donors (Lipinski definition) is 1. The van der Waals surface area contributed by atoms with Gasteiger partial charge in [-0.2, -0.15) is 43.9 Å². The van der Waals surface area contributed by atoms with Crippen LogP contribution in [-0.2, 0) is 5.60 Å². The molecule has 0 saturated heterocycles. The zero-order valence-electron chi connectivity index (χ0n) is 17.0. The highest BCUT2D eigenvalue weighted by Crippen LogP contribution is 2.71. The molecule has 2 nitrogen and oxygen atoms in total. The zero-order valence-corrected chi connectivity index (χ0v) is 17.0. The van der Waals surface area contributed by atoms with Crippen LogP contribution in [0.15, 0.2) is 24.3 Å². The molecule has 1 unspecified atom stereocenters. The minimum atomic E-state index is -7.28. The molecule has 1 aromatic rings. The van der Waals surface area contributed by atoms with E-state index in [-0.39, 0.29) is 5.69 Å². The molecule has 0 amide bonds. The lowest BCUT2D eigenvalue weighted by Crippen LogP contribution is -2.84. The number of rotatable bonds is 6. The zero-order chi connectivity index (χ0) is 25.2. The summed E-state index contributed by atoms with van der Waals surface area (Å²) in [5, 5.41) is 10.5. The largest absolute Gasteiger partial charge is 0.385 e. The summed E-state index contributed by atoms with van der Waals surface area (Å²) >= 11 is 0. The lowest BCUT2D eigenvalue weighted by Gasteiger charge is -2.53. The topological polar surface area (TPSA) is 23.5 Å². The van der Waals surface area contributed by atoms with Crippen LogP contribution >= 0.6 is 0 Å². The molecule has 1 atom stereocenters. The predicted octanol–water partition coefficient (Wildman–Crippen LogP) is 6.03. The second kappa shape index (κ2) is 7.36. The summed E-state index contributed by atoms with van der Waals surface area (Å²) in [5.74, 6) is -35.6. The van der Waals surface area contributed by atoms with E-state index >= 15 is 4.39 Å². The minimum Gasteiger partial charge on any atom is -0.385 e. The normalized spacial score (nSPS) is 26.2. The highest BCUT2D eigenvalue weighted by atomic mass is 19.4.